The summed E-state index contributed by atoms with van der Waals surface area (Å²) in [6.07, 6.45) is 0.313. The van der Waals surface area contributed by atoms with E-state index in [2.05, 4.69) is 72.8 Å². The molecule has 3 unspecified atom stereocenters. The lowest BCUT2D eigenvalue weighted by Crippen LogP contribution is -2.38. The summed E-state index contributed by atoms with van der Waals surface area (Å²) in [4.78, 5) is 0. The molecule has 3 aromatic rings. The van der Waals surface area contributed by atoms with E-state index in [1.807, 2.05) is 18.2 Å². The van der Waals surface area contributed by atoms with Crippen molar-refractivity contribution in [2.75, 3.05) is 0 Å². The molecule has 3 heteroatoms. The van der Waals surface area contributed by atoms with Gasteiger partial charge in [0.2, 0.25) is 0 Å². The fraction of sp³-hybridized carbons (Fsp3) is 0.217. The lowest BCUT2D eigenvalue weighted by atomic mass is 10.3. The van der Waals surface area contributed by atoms with E-state index in [9.17, 15) is 4.39 Å². The van der Waals surface area contributed by atoms with Gasteiger partial charge < -0.3 is 0 Å². The van der Waals surface area contributed by atoms with Crippen LogP contribution in [-0.4, -0.2) is 17.2 Å². The zero-order valence-electron chi connectivity index (χ0n) is 14.5. The predicted octanol–water partition coefficient (Wildman–Crippen LogP) is 5.09. The van der Waals surface area contributed by atoms with Gasteiger partial charge >= 0.3 is 0 Å². The van der Waals surface area contributed by atoms with Crippen LogP contribution in [0.4, 0.5) is 4.39 Å². The van der Waals surface area contributed by atoms with Crippen LogP contribution in [0.25, 0.3) is 0 Å². The molecule has 132 valence electrons. The molecule has 0 bridgehead atoms. The molecule has 0 spiro atoms. The van der Waals surface area contributed by atoms with Crippen molar-refractivity contribution in [3.05, 3.63) is 91.0 Å². The van der Waals surface area contributed by atoms with Crippen molar-refractivity contribution < 1.29 is 4.39 Å². The molecule has 0 aliphatic heterocycles. The van der Waals surface area contributed by atoms with Gasteiger partial charge in [-0.1, -0.05) is 54.6 Å². The Bertz CT molecular complexity index is 731. The maximum absolute atomic E-state index is 14.5. The predicted molar refractivity (Wildman–Crippen MR) is 113 cm³/mol. The highest BCUT2D eigenvalue weighted by atomic mass is 35.5. The van der Waals surface area contributed by atoms with Gasteiger partial charge in [0, 0.05) is 12.8 Å². The maximum Gasteiger partial charge on any atom is 0.120 e. The van der Waals surface area contributed by atoms with Crippen LogP contribution in [0, 0.1) is 0 Å². The highest BCUT2D eigenvalue weighted by Gasteiger charge is 2.56. The van der Waals surface area contributed by atoms with E-state index < -0.39 is 18.8 Å². The minimum atomic E-state index is -2.00. The number of alkyl halides is 2. The van der Waals surface area contributed by atoms with Gasteiger partial charge in [0.1, 0.15) is 29.3 Å². The number of hydrogen-bond donors (Lipinski definition) is 0. The molecule has 26 heavy (non-hydrogen) atoms. The first-order chi connectivity index (χ1) is 12.7. The number of rotatable bonds is 4. The summed E-state index contributed by atoms with van der Waals surface area (Å²) in [6, 6.07) is 32.0. The Labute approximate surface area is 160 Å². The lowest BCUT2D eigenvalue weighted by molar-refractivity contribution is 0.347. The molecule has 4 rings (SSSR count). The van der Waals surface area contributed by atoms with E-state index in [1.54, 1.807) is 0 Å². The lowest BCUT2D eigenvalue weighted by Gasteiger charge is -2.32. The van der Waals surface area contributed by atoms with Crippen molar-refractivity contribution in [3.63, 3.8) is 0 Å². The summed E-state index contributed by atoms with van der Waals surface area (Å²) in [5.41, 5.74) is 0.215. The van der Waals surface area contributed by atoms with Crippen LogP contribution >= 0.6 is 18.9 Å². The number of halogens is 2. The zero-order valence-corrected chi connectivity index (χ0v) is 16.2. The first-order valence-corrected chi connectivity index (χ1v) is 11.4. The highest BCUT2D eigenvalue weighted by molar-refractivity contribution is 7.96. The van der Waals surface area contributed by atoms with E-state index in [0.29, 0.717) is 6.42 Å². The normalized spacial score (nSPS) is 23.1. The minimum Gasteiger partial charge on any atom is -0.246 e. The van der Waals surface area contributed by atoms with Crippen LogP contribution < -0.4 is 15.9 Å². The summed E-state index contributed by atoms with van der Waals surface area (Å²) in [7, 11) is -2.00. The Morgan fingerprint density at radius 2 is 1.04 bits per heavy atom. The topological polar surface area (TPSA) is 0 Å². The molecule has 0 saturated heterocycles. The first-order valence-electron chi connectivity index (χ1n) is 9.06. The summed E-state index contributed by atoms with van der Waals surface area (Å²) in [5, 5.41) is 3.52. The molecular weight excluding hydrogens is 362 g/mol. The van der Waals surface area contributed by atoms with E-state index in [4.69, 9.17) is 11.6 Å². The molecule has 1 saturated carbocycles. The van der Waals surface area contributed by atoms with E-state index in [0.717, 1.165) is 6.42 Å². The average molecular weight is 384 g/mol. The standard InChI is InChI=1S/C23H22ClFP/c24-22-16-21(17-23(22)25)26(18-10-4-1-5-11-18,19-12-6-2-7-13-19)20-14-8-3-9-15-20/h1-15,21-23H,16-17H2/q+1. The van der Waals surface area contributed by atoms with Crippen molar-refractivity contribution in [2.24, 2.45) is 0 Å². The quantitative estimate of drug-likeness (QED) is 0.435. The second-order valence-corrected chi connectivity index (χ2v) is 11.2. The molecule has 3 aromatic carbocycles. The first kappa shape index (κ1) is 17.7. The van der Waals surface area contributed by atoms with Gasteiger partial charge in [-0.05, 0) is 36.4 Å². The van der Waals surface area contributed by atoms with Gasteiger partial charge in [0.25, 0.3) is 0 Å². The van der Waals surface area contributed by atoms with E-state index >= 15 is 0 Å². The largest absolute Gasteiger partial charge is 0.246 e. The Balaban J connectivity index is 2.01. The summed E-state index contributed by atoms with van der Waals surface area (Å²) in [5.74, 6) is 0. The van der Waals surface area contributed by atoms with E-state index in [-0.39, 0.29) is 5.66 Å². The van der Waals surface area contributed by atoms with Crippen molar-refractivity contribution in [1.29, 1.82) is 0 Å². The Morgan fingerprint density at radius 3 is 1.35 bits per heavy atom. The SMILES string of the molecule is FC1CC([P+](c2ccccc2)(c2ccccc2)c2ccccc2)CC1Cl. The third-order valence-corrected chi connectivity index (χ3v) is 10.7. The summed E-state index contributed by atoms with van der Waals surface area (Å²) >= 11 is 6.37. The Hall–Kier alpha value is -1.69. The molecule has 3 atom stereocenters. The van der Waals surface area contributed by atoms with Gasteiger partial charge in [0.15, 0.2) is 0 Å². The molecule has 0 aromatic heterocycles. The number of benzene rings is 3. The monoisotopic (exact) mass is 383 g/mol. The van der Waals surface area contributed by atoms with Gasteiger partial charge in [-0.2, -0.15) is 0 Å². The van der Waals surface area contributed by atoms with Crippen LogP contribution in [0.5, 0.6) is 0 Å². The van der Waals surface area contributed by atoms with Crippen LogP contribution in [-0.2, 0) is 0 Å². The molecule has 1 fully saturated rings. The zero-order chi connectivity index (χ0) is 18.0. The highest BCUT2D eigenvalue weighted by Crippen LogP contribution is 2.64. The molecule has 0 radical (unpaired) electrons. The fourth-order valence-electron chi connectivity index (χ4n) is 4.30. The molecule has 1 aliphatic carbocycles. The van der Waals surface area contributed by atoms with Crippen molar-refractivity contribution >= 4 is 34.8 Å². The molecule has 0 amide bonds. The third kappa shape index (κ3) is 2.98. The van der Waals surface area contributed by atoms with Crippen molar-refractivity contribution in [2.45, 2.75) is 30.0 Å². The van der Waals surface area contributed by atoms with Gasteiger partial charge in [0.05, 0.1) is 11.0 Å². The maximum atomic E-state index is 14.5. The summed E-state index contributed by atoms with van der Waals surface area (Å²) < 4.78 is 14.5. The average Bonchev–Trinajstić information content (AvgIpc) is 3.04. The summed E-state index contributed by atoms with van der Waals surface area (Å²) in [6.45, 7) is 0. The van der Waals surface area contributed by atoms with Gasteiger partial charge in [-0.15, -0.1) is 11.6 Å². The molecule has 1 aliphatic rings. The van der Waals surface area contributed by atoms with E-state index in [1.165, 1.54) is 15.9 Å². The molecular formula is C23H22ClFP+. The van der Waals surface area contributed by atoms with Gasteiger partial charge in [-0.25, -0.2) is 4.39 Å². The molecule has 0 N–H and O–H groups in total. The second-order valence-electron chi connectivity index (χ2n) is 6.89. The van der Waals surface area contributed by atoms with Crippen LogP contribution in [0.3, 0.4) is 0 Å². The smallest absolute Gasteiger partial charge is 0.120 e. The van der Waals surface area contributed by atoms with Crippen molar-refractivity contribution in [1.82, 2.24) is 0 Å². The Morgan fingerprint density at radius 1 is 0.654 bits per heavy atom. The fourth-order valence-corrected chi connectivity index (χ4v) is 9.89. The van der Waals surface area contributed by atoms with Crippen molar-refractivity contribution in [3.8, 4) is 0 Å². The Kier molecular flexibility index (Phi) is 5.11. The minimum absolute atomic E-state index is 0.215. The third-order valence-electron chi connectivity index (χ3n) is 5.43. The van der Waals surface area contributed by atoms with Gasteiger partial charge in [-0.3, -0.25) is 0 Å². The van der Waals surface area contributed by atoms with Crippen LogP contribution in [0.2, 0.25) is 0 Å². The molecule has 0 heterocycles. The number of hydrogen-bond acceptors (Lipinski definition) is 0. The second kappa shape index (κ2) is 7.51. The van der Waals surface area contributed by atoms with Crippen LogP contribution in [0.15, 0.2) is 91.0 Å². The molecule has 0 nitrogen and oxygen atoms in total. The van der Waals surface area contributed by atoms with Crippen LogP contribution in [0.1, 0.15) is 12.8 Å².